The van der Waals surface area contributed by atoms with Crippen molar-refractivity contribution in [2.45, 2.75) is 26.3 Å². The van der Waals surface area contributed by atoms with Crippen molar-refractivity contribution in [2.75, 3.05) is 13.1 Å². The predicted molar refractivity (Wildman–Crippen MR) is 72.4 cm³/mol. The lowest BCUT2D eigenvalue weighted by molar-refractivity contribution is 0.151. The minimum atomic E-state index is -0.819. The van der Waals surface area contributed by atoms with Gasteiger partial charge in [-0.3, -0.25) is 4.90 Å². The van der Waals surface area contributed by atoms with E-state index in [0.29, 0.717) is 25.2 Å². The maximum absolute atomic E-state index is 13.6. The third kappa shape index (κ3) is 2.90. The SMILES string of the molecule is CC1(/C(N)=N/O)CCN(Cc2cccc(F)c2F)CC1. The standard InChI is InChI=1S/C14H19F2N3O/c1-14(13(17)18-20)5-7-19(8-6-14)9-10-3-2-4-11(15)12(10)16/h2-4,20H,5-9H2,1H3,(H2,17,18). The van der Waals surface area contributed by atoms with Crippen molar-refractivity contribution in [3.63, 3.8) is 0 Å². The smallest absolute Gasteiger partial charge is 0.163 e. The maximum atomic E-state index is 13.6. The molecule has 1 aromatic carbocycles. The van der Waals surface area contributed by atoms with Crippen molar-refractivity contribution >= 4 is 5.84 Å². The number of benzene rings is 1. The fraction of sp³-hybridized carbons (Fsp3) is 0.500. The Morgan fingerprint density at radius 3 is 2.65 bits per heavy atom. The zero-order valence-electron chi connectivity index (χ0n) is 11.4. The fourth-order valence-corrected chi connectivity index (χ4v) is 2.49. The molecule has 0 aromatic heterocycles. The first-order valence-corrected chi connectivity index (χ1v) is 6.59. The van der Waals surface area contributed by atoms with E-state index < -0.39 is 11.6 Å². The molecule has 110 valence electrons. The first kappa shape index (κ1) is 14.7. The van der Waals surface area contributed by atoms with Crippen LogP contribution in [0.2, 0.25) is 0 Å². The highest BCUT2D eigenvalue weighted by molar-refractivity contribution is 5.85. The average Bonchev–Trinajstić information content (AvgIpc) is 2.45. The molecule has 0 atom stereocenters. The van der Waals surface area contributed by atoms with E-state index in [2.05, 4.69) is 5.16 Å². The Labute approximate surface area is 116 Å². The van der Waals surface area contributed by atoms with Gasteiger partial charge in [-0.25, -0.2) is 8.78 Å². The van der Waals surface area contributed by atoms with Crippen LogP contribution in [-0.4, -0.2) is 29.0 Å². The molecule has 0 spiro atoms. The quantitative estimate of drug-likeness (QED) is 0.387. The molecule has 1 aliphatic heterocycles. The number of amidine groups is 1. The number of rotatable bonds is 3. The zero-order chi connectivity index (χ0) is 14.8. The maximum Gasteiger partial charge on any atom is 0.163 e. The molecule has 0 amide bonds. The minimum Gasteiger partial charge on any atom is -0.409 e. The van der Waals surface area contributed by atoms with Crippen LogP contribution in [0.1, 0.15) is 25.3 Å². The first-order valence-electron chi connectivity index (χ1n) is 6.59. The second kappa shape index (κ2) is 5.75. The van der Waals surface area contributed by atoms with E-state index in [0.717, 1.165) is 18.9 Å². The van der Waals surface area contributed by atoms with Crippen LogP contribution in [0.4, 0.5) is 8.78 Å². The summed E-state index contributed by atoms with van der Waals surface area (Å²) in [6, 6.07) is 4.22. The Hall–Kier alpha value is -1.69. The molecule has 1 saturated heterocycles. The molecule has 20 heavy (non-hydrogen) atoms. The summed E-state index contributed by atoms with van der Waals surface area (Å²) in [7, 11) is 0. The summed E-state index contributed by atoms with van der Waals surface area (Å²) < 4.78 is 26.8. The number of nitrogens with zero attached hydrogens (tertiary/aromatic N) is 2. The Morgan fingerprint density at radius 2 is 2.05 bits per heavy atom. The third-order valence-corrected chi connectivity index (χ3v) is 4.11. The van der Waals surface area contributed by atoms with Crippen molar-refractivity contribution in [1.29, 1.82) is 0 Å². The average molecular weight is 283 g/mol. The van der Waals surface area contributed by atoms with E-state index in [1.54, 1.807) is 6.07 Å². The van der Waals surface area contributed by atoms with Crippen molar-refractivity contribution in [3.05, 3.63) is 35.4 Å². The van der Waals surface area contributed by atoms with Gasteiger partial charge >= 0.3 is 0 Å². The molecular weight excluding hydrogens is 264 g/mol. The Morgan fingerprint density at radius 1 is 1.40 bits per heavy atom. The van der Waals surface area contributed by atoms with E-state index in [1.165, 1.54) is 6.07 Å². The van der Waals surface area contributed by atoms with Gasteiger partial charge in [0, 0.05) is 17.5 Å². The van der Waals surface area contributed by atoms with Crippen molar-refractivity contribution in [2.24, 2.45) is 16.3 Å². The summed E-state index contributed by atoms with van der Waals surface area (Å²) in [6.07, 6.45) is 1.44. The first-order chi connectivity index (χ1) is 9.46. The van der Waals surface area contributed by atoms with Gasteiger partial charge in [-0.15, -0.1) is 0 Å². The largest absolute Gasteiger partial charge is 0.409 e. The Bertz CT molecular complexity index is 511. The van der Waals surface area contributed by atoms with Gasteiger partial charge in [0.1, 0.15) is 5.84 Å². The van der Waals surface area contributed by atoms with Crippen LogP contribution in [0.25, 0.3) is 0 Å². The van der Waals surface area contributed by atoms with Crippen LogP contribution in [0, 0.1) is 17.0 Å². The zero-order valence-corrected chi connectivity index (χ0v) is 11.4. The van der Waals surface area contributed by atoms with Crippen molar-refractivity contribution < 1.29 is 14.0 Å². The summed E-state index contributed by atoms with van der Waals surface area (Å²) in [6.45, 7) is 3.71. The van der Waals surface area contributed by atoms with Crippen LogP contribution in [-0.2, 0) is 6.54 Å². The summed E-state index contributed by atoms with van der Waals surface area (Å²) in [5, 5.41) is 11.9. The highest BCUT2D eigenvalue weighted by Gasteiger charge is 2.34. The molecular formula is C14H19F2N3O. The molecule has 2 rings (SSSR count). The number of hydrogen-bond donors (Lipinski definition) is 2. The summed E-state index contributed by atoms with van der Waals surface area (Å²) in [5.41, 5.74) is 5.73. The second-order valence-electron chi connectivity index (χ2n) is 5.53. The number of nitrogens with two attached hydrogens (primary N) is 1. The molecule has 0 unspecified atom stereocenters. The highest BCUT2D eigenvalue weighted by Crippen LogP contribution is 2.31. The Kier molecular flexibility index (Phi) is 4.23. The molecule has 0 bridgehead atoms. The van der Waals surface area contributed by atoms with Gasteiger partial charge in [-0.05, 0) is 32.0 Å². The predicted octanol–water partition coefficient (Wildman–Crippen LogP) is 2.31. The van der Waals surface area contributed by atoms with E-state index in [4.69, 9.17) is 10.9 Å². The van der Waals surface area contributed by atoms with Gasteiger partial charge in [-0.1, -0.05) is 24.2 Å². The van der Waals surface area contributed by atoms with Crippen LogP contribution in [0.15, 0.2) is 23.4 Å². The van der Waals surface area contributed by atoms with Gasteiger partial charge in [-0.2, -0.15) is 0 Å². The monoisotopic (exact) mass is 283 g/mol. The van der Waals surface area contributed by atoms with Crippen LogP contribution >= 0.6 is 0 Å². The lowest BCUT2D eigenvalue weighted by Crippen LogP contribution is -2.45. The molecule has 1 aromatic rings. The number of piperidine rings is 1. The Balaban J connectivity index is 2.00. The topological polar surface area (TPSA) is 61.9 Å². The lowest BCUT2D eigenvalue weighted by Gasteiger charge is -2.38. The van der Waals surface area contributed by atoms with Gasteiger partial charge < -0.3 is 10.9 Å². The van der Waals surface area contributed by atoms with Crippen molar-refractivity contribution in [3.8, 4) is 0 Å². The second-order valence-corrected chi connectivity index (χ2v) is 5.53. The summed E-state index contributed by atoms with van der Waals surface area (Å²) in [4.78, 5) is 2.05. The van der Waals surface area contributed by atoms with E-state index >= 15 is 0 Å². The molecule has 3 N–H and O–H groups in total. The fourth-order valence-electron chi connectivity index (χ4n) is 2.49. The number of hydrogen-bond acceptors (Lipinski definition) is 3. The van der Waals surface area contributed by atoms with Gasteiger partial charge in [0.15, 0.2) is 11.6 Å². The van der Waals surface area contributed by atoms with Crippen molar-refractivity contribution in [1.82, 2.24) is 4.90 Å². The molecule has 1 fully saturated rings. The molecule has 0 saturated carbocycles. The number of oxime groups is 1. The lowest BCUT2D eigenvalue weighted by atomic mass is 9.79. The number of halogens is 2. The van der Waals surface area contributed by atoms with E-state index in [9.17, 15) is 8.78 Å². The van der Waals surface area contributed by atoms with Crippen LogP contribution < -0.4 is 5.73 Å². The normalized spacial score (nSPS) is 20.1. The minimum absolute atomic E-state index is 0.231. The number of likely N-dealkylation sites (tertiary alicyclic amines) is 1. The molecule has 6 heteroatoms. The van der Waals surface area contributed by atoms with E-state index in [1.807, 2.05) is 11.8 Å². The van der Waals surface area contributed by atoms with Gasteiger partial charge in [0.2, 0.25) is 0 Å². The van der Waals surface area contributed by atoms with E-state index in [-0.39, 0.29) is 11.3 Å². The highest BCUT2D eigenvalue weighted by atomic mass is 19.2. The molecule has 0 aliphatic carbocycles. The van der Waals surface area contributed by atoms with Crippen LogP contribution in [0.5, 0.6) is 0 Å². The summed E-state index contributed by atoms with van der Waals surface area (Å²) >= 11 is 0. The molecule has 4 nitrogen and oxygen atoms in total. The van der Waals surface area contributed by atoms with Gasteiger partial charge in [0.05, 0.1) is 0 Å². The molecule has 0 radical (unpaired) electrons. The van der Waals surface area contributed by atoms with Gasteiger partial charge in [0.25, 0.3) is 0 Å². The van der Waals surface area contributed by atoms with Crippen LogP contribution in [0.3, 0.4) is 0 Å². The molecule has 1 heterocycles. The summed E-state index contributed by atoms with van der Waals surface area (Å²) in [5.74, 6) is -1.37. The third-order valence-electron chi connectivity index (χ3n) is 4.11. The molecule has 1 aliphatic rings.